The zero-order valence-corrected chi connectivity index (χ0v) is 9.03. The standard InChI is InChI=1S/C10H11BrO/c1-6-4-9(8(3)12)10(11)5-7(6)2/h4-5H,1-3H3. The first-order valence-corrected chi connectivity index (χ1v) is 4.59. The number of benzene rings is 1. The van der Waals surface area contributed by atoms with Crippen molar-refractivity contribution in [3.05, 3.63) is 33.3 Å². The normalized spacial score (nSPS) is 10.0. The van der Waals surface area contributed by atoms with Gasteiger partial charge in [-0.3, -0.25) is 4.79 Å². The Kier molecular flexibility index (Phi) is 2.68. The Bertz CT molecular complexity index is 329. The molecular formula is C10H11BrO. The highest BCUT2D eigenvalue weighted by Crippen LogP contribution is 2.21. The average Bonchev–Trinajstić information content (AvgIpc) is 1.96. The fourth-order valence-electron chi connectivity index (χ4n) is 1.05. The van der Waals surface area contributed by atoms with Crippen LogP contribution < -0.4 is 0 Å². The molecular weight excluding hydrogens is 216 g/mol. The number of hydrogen-bond donors (Lipinski definition) is 0. The van der Waals surface area contributed by atoms with Crippen LogP contribution in [0.25, 0.3) is 0 Å². The molecule has 0 radical (unpaired) electrons. The van der Waals surface area contributed by atoms with Gasteiger partial charge in [0.15, 0.2) is 5.78 Å². The number of ketones is 1. The predicted octanol–water partition coefficient (Wildman–Crippen LogP) is 3.27. The molecule has 1 rings (SSSR count). The van der Waals surface area contributed by atoms with Crippen molar-refractivity contribution in [2.45, 2.75) is 20.8 Å². The summed E-state index contributed by atoms with van der Waals surface area (Å²) >= 11 is 3.36. The molecule has 0 heterocycles. The Balaban J connectivity index is 3.33. The summed E-state index contributed by atoms with van der Waals surface area (Å²) in [5.41, 5.74) is 3.12. The largest absolute Gasteiger partial charge is 0.294 e. The number of hydrogen-bond acceptors (Lipinski definition) is 1. The maximum atomic E-state index is 11.1. The van der Waals surface area contributed by atoms with Gasteiger partial charge in [-0.25, -0.2) is 0 Å². The molecule has 12 heavy (non-hydrogen) atoms. The van der Waals surface area contributed by atoms with Crippen LogP contribution in [0.5, 0.6) is 0 Å². The number of carbonyl (C=O) groups is 1. The first-order chi connectivity index (χ1) is 5.52. The number of halogens is 1. The van der Waals surface area contributed by atoms with Gasteiger partial charge in [-0.1, -0.05) is 15.9 Å². The molecule has 0 amide bonds. The van der Waals surface area contributed by atoms with Crippen LogP contribution in [0, 0.1) is 13.8 Å². The molecule has 0 aliphatic rings. The number of aryl methyl sites for hydroxylation is 2. The van der Waals surface area contributed by atoms with Crippen molar-refractivity contribution in [3.8, 4) is 0 Å². The zero-order chi connectivity index (χ0) is 9.30. The van der Waals surface area contributed by atoms with Gasteiger partial charge in [0.05, 0.1) is 0 Å². The van der Waals surface area contributed by atoms with E-state index in [4.69, 9.17) is 0 Å². The fourth-order valence-corrected chi connectivity index (χ4v) is 1.79. The molecule has 2 heteroatoms. The van der Waals surface area contributed by atoms with E-state index in [-0.39, 0.29) is 5.78 Å². The van der Waals surface area contributed by atoms with Crippen molar-refractivity contribution in [1.82, 2.24) is 0 Å². The van der Waals surface area contributed by atoms with Crippen LogP contribution in [0.1, 0.15) is 28.4 Å². The fraction of sp³-hybridized carbons (Fsp3) is 0.300. The molecule has 0 aromatic heterocycles. The van der Waals surface area contributed by atoms with E-state index < -0.39 is 0 Å². The minimum Gasteiger partial charge on any atom is -0.294 e. The molecule has 0 aliphatic heterocycles. The van der Waals surface area contributed by atoms with E-state index in [9.17, 15) is 4.79 Å². The lowest BCUT2D eigenvalue weighted by molar-refractivity contribution is 0.101. The smallest absolute Gasteiger partial charge is 0.160 e. The van der Waals surface area contributed by atoms with Crippen molar-refractivity contribution in [2.75, 3.05) is 0 Å². The summed E-state index contributed by atoms with van der Waals surface area (Å²) in [6, 6.07) is 3.90. The van der Waals surface area contributed by atoms with E-state index in [1.54, 1.807) is 6.92 Å². The van der Waals surface area contributed by atoms with Gasteiger partial charge in [0.2, 0.25) is 0 Å². The third-order valence-corrected chi connectivity index (χ3v) is 2.62. The summed E-state index contributed by atoms with van der Waals surface area (Å²) in [6.45, 7) is 5.62. The highest BCUT2D eigenvalue weighted by Gasteiger charge is 2.06. The number of rotatable bonds is 1. The van der Waals surface area contributed by atoms with Crippen molar-refractivity contribution in [3.63, 3.8) is 0 Å². The third-order valence-electron chi connectivity index (χ3n) is 1.96. The van der Waals surface area contributed by atoms with Crippen LogP contribution in [0.15, 0.2) is 16.6 Å². The van der Waals surface area contributed by atoms with Crippen molar-refractivity contribution in [2.24, 2.45) is 0 Å². The van der Waals surface area contributed by atoms with E-state index in [2.05, 4.69) is 15.9 Å². The molecule has 0 N–H and O–H groups in total. The van der Waals surface area contributed by atoms with Gasteiger partial charge in [-0.2, -0.15) is 0 Å². The van der Waals surface area contributed by atoms with Crippen LogP contribution in [-0.2, 0) is 0 Å². The molecule has 1 aromatic carbocycles. The summed E-state index contributed by atoms with van der Waals surface area (Å²) in [7, 11) is 0. The lowest BCUT2D eigenvalue weighted by Crippen LogP contribution is -1.95. The topological polar surface area (TPSA) is 17.1 Å². The molecule has 0 aliphatic carbocycles. The maximum Gasteiger partial charge on any atom is 0.160 e. The molecule has 1 nitrogen and oxygen atoms in total. The first kappa shape index (κ1) is 9.46. The molecule has 64 valence electrons. The van der Waals surface area contributed by atoms with Gasteiger partial charge in [0.25, 0.3) is 0 Å². The van der Waals surface area contributed by atoms with Crippen LogP contribution in [-0.4, -0.2) is 5.78 Å². The Morgan fingerprint density at radius 2 is 1.75 bits per heavy atom. The molecule has 0 saturated carbocycles. The maximum absolute atomic E-state index is 11.1. The molecule has 0 atom stereocenters. The Hall–Kier alpha value is -0.630. The highest BCUT2D eigenvalue weighted by molar-refractivity contribution is 9.10. The van der Waals surface area contributed by atoms with Crippen LogP contribution in [0.2, 0.25) is 0 Å². The van der Waals surface area contributed by atoms with Crippen molar-refractivity contribution < 1.29 is 4.79 Å². The van der Waals surface area contributed by atoms with Crippen LogP contribution >= 0.6 is 15.9 Å². The highest BCUT2D eigenvalue weighted by atomic mass is 79.9. The molecule has 1 aromatic rings. The van der Waals surface area contributed by atoms with Gasteiger partial charge < -0.3 is 0 Å². The minimum absolute atomic E-state index is 0.102. The summed E-state index contributed by atoms with van der Waals surface area (Å²) in [6.07, 6.45) is 0. The van der Waals surface area contributed by atoms with E-state index >= 15 is 0 Å². The van der Waals surface area contributed by atoms with Gasteiger partial charge in [-0.05, 0) is 44.0 Å². The van der Waals surface area contributed by atoms with E-state index in [1.807, 2.05) is 26.0 Å². The molecule has 0 fully saturated rings. The molecule has 0 bridgehead atoms. The van der Waals surface area contributed by atoms with Gasteiger partial charge in [0, 0.05) is 10.0 Å². The summed E-state index contributed by atoms with van der Waals surface area (Å²) in [5, 5.41) is 0. The SMILES string of the molecule is CC(=O)c1cc(C)c(C)cc1Br. The second-order valence-corrected chi connectivity index (χ2v) is 3.83. The van der Waals surface area contributed by atoms with E-state index in [0.29, 0.717) is 0 Å². The quantitative estimate of drug-likeness (QED) is 0.673. The average molecular weight is 227 g/mol. The molecule has 0 saturated heterocycles. The Morgan fingerprint density at radius 3 is 2.25 bits per heavy atom. The predicted molar refractivity (Wildman–Crippen MR) is 53.6 cm³/mol. The summed E-state index contributed by atoms with van der Waals surface area (Å²) in [4.78, 5) is 11.1. The van der Waals surface area contributed by atoms with Crippen LogP contribution in [0.4, 0.5) is 0 Å². The zero-order valence-electron chi connectivity index (χ0n) is 7.44. The Labute approximate surface area is 80.9 Å². The second-order valence-electron chi connectivity index (χ2n) is 2.97. The number of Topliss-reactive ketones (excluding diaryl/α,β-unsaturated/α-hetero) is 1. The summed E-state index contributed by atoms with van der Waals surface area (Å²) in [5.74, 6) is 0.102. The van der Waals surface area contributed by atoms with E-state index in [0.717, 1.165) is 15.6 Å². The minimum atomic E-state index is 0.102. The van der Waals surface area contributed by atoms with Crippen LogP contribution in [0.3, 0.4) is 0 Å². The monoisotopic (exact) mass is 226 g/mol. The third kappa shape index (κ3) is 1.75. The number of carbonyl (C=O) groups excluding carboxylic acids is 1. The van der Waals surface area contributed by atoms with Crippen molar-refractivity contribution in [1.29, 1.82) is 0 Å². The molecule has 0 unspecified atom stereocenters. The lowest BCUT2D eigenvalue weighted by Gasteiger charge is -2.04. The van der Waals surface area contributed by atoms with Gasteiger partial charge >= 0.3 is 0 Å². The first-order valence-electron chi connectivity index (χ1n) is 3.80. The lowest BCUT2D eigenvalue weighted by atomic mass is 10.0. The van der Waals surface area contributed by atoms with Gasteiger partial charge in [0.1, 0.15) is 0 Å². The Morgan fingerprint density at radius 1 is 1.25 bits per heavy atom. The van der Waals surface area contributed by atoms with E-state index in [1.165, 1.54) is 5.56 Å². The summed E-state index contributed by atoms with van der Waals surface area (Å²) < 4.78 is 0.887. The molecule has 0 spiro atoms. The second kappa shape index (κ2) is 3.40. The van der Waals surface area contributed by atoms with Crippen molar-refractivity contribution >= 4 is 21.7 Å². The van der Waals surface area contributed by atoms with Gasteiger partial charge in [-0.15, -0.1) is 0 Å².